The first-order valence-electron chi connectivity index (χ1n) is 7.88. The van der Waals surface area contributed by atoms with Gasteiger partial charge >= 0.3 is 0 Å². The lowest BCUT2D eigenvalue weighted by Crippen LogP contribution is -2.36. The first-order valence-corrected chi connectivity index (χ1v) is 7.88. The summed E-state index contributed by atoms with van der Waals surface area (Å²) in [7, 11) is 0. The molecule has 2 heteroatoms. The van der Waals surface area contributed by atoms with Crippen LogP contribution >= 0.6 is 0 Å². The second kappa shape index (κ2) is 5.54. The van der Waals surface area contributed by atoms with Crippen LogP contribution in [0.25, 0.3) is 0 Å². The van der Waals surface area contributed by atoms with Crippen LogP contribution in [0, 0.1) is 0 Å². The van der Waals surface area contributed by atoms with Crippen LogP contribution in [0.1, 0.15) is 50.2 Å². The van der Waals surface area contributed by atoms with E-state index in [1.165, 1.54) is 56.3 Å². The molecule has 1 aromatic rings. The zero-order valence-corrected chi connectivity index (χ0v) is 12.1. The number of hydrogen-bond donors (Lipinski definition) is 1. The van der Waals surface area contributed by atoms with Crippen molar-refractivity contribution in [3.8, 4) is 0 Å². The van der Waals surface area contributed by atoms with Crippen molar-refractivity contribution in [1.82, 2.24) is 0 Å². The summed E-state index contributed by atoms with van der Waals surface area (Å²) in [6, 6.07) is 7.83. The molecule has 104 valence electrons. The molecule has 0 bridgehead atoms. The third-order valence-corrected chi connectivity index (χ3v) is 4.67. The highest BCUT2D eigenvalue weighted by atomic mass is 15.2. The number of para-hydroxylation sites is 1. The molecule has 19 heavy (non-hydrogen) atoms. The average Bonchev–Trinajstić information content (AvgIpc) is 2.84. The number of fused-ring (bicyclic) bond motifs is 1. The molecule has 1 atom stereocenters. The standard InChI is InChI=1S/C17H26N2/c1-13(18)12-15-7-5-6-14-10-11-19(17(14)15)16-8-3-2-4-9-16/h5-7,13,16H,2-4,8-12,18H2,1H3. The molecule has 3 rings (SSSR count). The maximum absolute atomic E-state index is 6.02. The van der Waals surface area contributed by atoms with Gasteiger partial charge in [0.25, 0.3) is 0 Å². The minimum Gasteiger partial charge on any atom is -0.368 e. The molecule has 0 saturated heterocycles. The average molecular weight is 258 g/mol. The van der Waals surface area contributed by atoms with E-state index in [-0.39, 0.29) is 6.04 Å². The molecule has 2 aliphatic rings. The fourth-order valence-electron chi connectivity index (χ4n) is 3.84. The monoisotopic (exact) mass is 258 g/mol. The van der Waals surface area contributed by atoms with Crippen LogP contribution in [-0.2, 0) is 12.8 Å². The van der Waals surface area contributed by atoms with Crippen LogP contribution in [0.2, 0.25) is 0 Å². The summed E-state index contributed by atoms with van der Waals surface area (Å²) in [6.45, 7) is 3.33. The number of rotatable bonds is 3. The van der Waals surface area contributed by atoms with Gasteiger partial charge in [-0.15, -0.1) is 0 Å². The van der Waals surface area contributed by atoms with E-state index in [9.17, 15) is 0 Å². The Morgan fingerprint density at radius 1 is 1.26 bits per heavy atom. The van der Waals surface area contributed by atoms with E-state index in [1.54, 1.807) is 5.56 Å². The molecular weight excluding hydrogens is 232 g/mol. The second-order valence-corrected chi connectivity index (χ2v) is 6.34. The van der Waals surface area contributed by atoms with E-state index >= 15 is 0 Å². The number of benzene rings is 1. The van der Waals surface area contributed by atoms with Crippen LogP contribution in [0.15, 0.2) is 18.2 Å². The third kappa shape index (κ3) is 2.64. The van der Waals surface area contributed by atoms with Crippen molar-refractivity contribution in [3.63, 3.8) is 0 Å². The Labute approximate surface area is 117 Å². The molecule has 2 nitrogen and oxygen atoms in total. The molecule has 1 saturated carbocycles. The Hall–Kier alpha value is -1.02. The van der Waals surface area contributed by atoms with Crippen LogP contribution in [0.4, 0.5) is 5.69 Å². The number of hydrogen-bond acceptors (Lipinski definition) is 2. The zero-order chi connectivity index (χ0) is 13.2. The Morgan fingerprint density at radius 2 is 2.05 bits per heavy atom. The summed E-state index contributed by atoms with van der Waals surface area (Å²) in [5.74, 6) is 0. The van der Waals surface area contributed by atoms with Gasteiger partial charge in [-0.05, 0) is 43.7 Å². The summed E-state index contributed by atoms with van der Waals surface area (Å²) in [6.07, 6.45) is 9.24. The minimum atomic E-state index is 0.250. The van der Waals surface area contributed by atoms with Crippen LogP contribution < -0.4 is 10.6 Å². The fraction of sp³-hybridized carbons (Fsp3) is 0.647. The lowest BCUT2D eigenvalue weighted by molar-refractivity contribution is 0.419. The lowest BCUT2D eigenvalue weighted by Gasteiger charge is -2.34. The molecule has 1 aliphatic heterocycles. The number of anilines is 1. The van der Waals surface area contributed by atoms with Crippen molar-refractivity contribution in [2.75, 3.05) is 11.4 Å². The highest BCUT2D eigenvalue weighted by Crippen LogP contribution is 2.37. The van der Waals surface area contributed by atoms with Crippen molar-refractivity contribution >= 4 is 5.69 Å². The van der Waals surface area contributed by atoms with Gasteiger partial charge in [0.05, 0.1) is 0 Å². The van der Waals surface area contributed by atoms with Gasteiger partial charge < -0.3 is 10.6 Å². The minimum absolute atomic E-state index is 0.250. The van der Waals surface area contributed by atoms with E-state index in [4.69, 9.17) is 5.73 Å². The normalized spacial score (nSPS) is 21.5. The summed E-state index contributed by atoms with van der Waals surface area (Å²) < 4.78 is 0. The van der Waals surface area contributed by atoms with Gasteiger partial charge in [-0.1, -0.05) is 37.5 Å². The molecule has 0 aromatic heterocycles. The van der Waals surface area contributed by atoms with E-state index in [1.807, 2.05) is 0 Å². The Bertz CT molecular complexity index is 433. The Balaban J connectivity index is 1.88. The zero-order valence-electron chi connectivity index (χ0n) is 12.1. The SMILES string of the molecule is CC(N)Cc1cccc2c1N(C1CCCCC1)CC2. The van der Waals surface area contributed by atoms with Crippen LogP contribution in [0.5, 0.6) is 0 Å². The van der Waals surface area contributed by atoms with Gasteiger partial charge in [-0.3, -0.25) is 0 Å². The molecule has 1 fully saturated rings. The molecular formula is C17H26N2. The van der Waals surface area contributed by atoms with Gasteiger partial charge in [0.15, 0.2) is 0 Å². The van der Waals surface area contributed by atoms with E-state index in [0.29, 0.717) is 0 Å². The smallest absolute Gasteiger partial charge is 0.0435 e. The summed E-state index contributed by atoms with van der Waals surface area (Å²) in [5.41, 5.74) is 10.6. The van der Waals surface area contributed by atoms with E-state index in [0.717, 1.165) is 12.5 Å². The topological polar surface area (TPSA) is 29.3 Å². The van der Waals surface area contributed by atoms with Crippen molar-refractivity contribution < 1.29 is 0 Å². The van der Waals surface area contributed by atoms with Crippen molar-refractivity contribution in [2.24, 2.45) is 5.73 Å². The van der Waals surface area contributed by atoms with Gasteiger partial charge in [0.2, 0.25) is 0 Å². The van der Waals surface area contributed by atoms with Gasteiger partial charge in [0, 0.05) is 24.3 Å². The van der Waals surface area contributed by atoms with Crippen molar-refractivity contribution in [3.05, 3.63) is 29.3 Å². The maximum atomic E-state index is 6.02. The Morgan fingerprint density at radius 3 is 2.79 bits per heavy atom. The van der Waals surface area contributed by atoms with E-state index in [2.05, 4.69) is 30.0 Å². The van der Waals surface area contributed by atoms with Crippen molar-refractivity contribution in [1.29, 1.82) is 0 Å². The molecule has 1 aromatic carbocycles. The third-order valence-electron chi connectivity index (χ3n) is 4.67. The molecule has 2 N–H and O–H groups in total. The van der Waals surface area contributed by atoms with Gasteiger partial charge in [-0.25, -0.2) is 0 Å². The number of nitrogens with zero attached hydrogens (tertiary/aromatic N) is 1. The largest absolute Gasteiger partial charge is 0.368 e. The summed E-state index contributed by atoms with van der Waals surface area (Å²) in [4.78, 5) is 2.70. The number of nitrogens with two attached hydrogens (primary N) is 1. The molecule has 0 amide bonds. The van der Waals surface area contributed by atoms with Crippen LogP contribution in [0.3, 0.4) is 0 Å². The summed E-state index contributed by atoms with van der Waals surface area (Å²) >= 11 is 0. The molecule has 1 aliphatic carbocycles. The highest BCUT2D eigenvalue weighted by Gasteiger charge is 2.29. The quantitative estimate of drug-likeness (QED) is 0.901. The Kier molecular flexibility index (Phi) is 3.79. The van der Waals surface area contributed by atoms with Crippen LogP contribution in [-0.4, -0.2) is 18.6 Å². The molecule has 1 unspecified atom stereocenters. The maximum Gasteiger partial charge on any atom is 0.0435 e. The summed E-state index contributed by atoms with van der Waals surface area (Å²) in [5, 5.41) is 0. The van der Waals surface area contributed by atoms with Crippen molar-refractivity contribution in [2.45, 2.75) is 64.0 Å². The first kappa shape index (κ1) is 13.0. The second-order valence-electron chi connectivity index (χ2n) is 6.34. The first-order chi connectivity index (χ1) is 9.25. The predicted octanol–water partition coefficient (Wildman–Crippen LogP) is 3.27. The van der Waals surface area contributed by atoms with Gasteiger partial charge in [0.1, 0.15) is 0 Å². The lowest BCUT2D eigenvalue weighted by atomic mass is 9.93. The molecule has 0 radical (unpaired) electrons. The van der Waals surface area contributed by atoms with E-state index < -0.39 is 0 Å². The predicted molar refractivity (Wildman–Crippen MR) is 81.7 cm³/mol. The molecule has 1 heterocycles. The van der Waals surface area contributed by atoms with Gasteiger partial charge in [-0.2, -0.15) is 0 Å². The fourth-order valence-corrected chi connectivity index (χ4v) is 3.84. The highest BCUT2D eigenvalue weighted by molar-refractivity contribution is 5.64. The molecule has 0 spiro atoms.